The summed E-state index contributed by atoms with van der Waals surface area (Å²) in [6.07, 6.45) is 5.72. The van der Waals surface area contributed by atoms with Crippen LogP contribution >= 0.6 is 17.0 Å². The van der Waals surface area contributed by atoms with E-state index in [0.717, 1.165) is 0 Å². The van der Waals surface area contributed by atoms with Crippen LogP contribution in [0.1, 0.15) is 60.3 Å². The zero-order valence-electron chi connectivity index (χ0n) is 14.2. The Kier molecular flexibility index (Phi) is 13.0. The van der Waals surface area contributed by atoms with E-state index < -0.39 is 20.8 Å². The predicted octanol–water partition coefficient (Wildman–Crippen LogP) is 4.92. The molecule has 0 heterocycles. The van der Waals surface area contributed by atoms with E-state index >= 15 is 0 Å². The maximum atomic E-state index is 4.93. The van der Waals surface area contributed by atoms with Gasteiger partial charge in [0.15, 0.2) is 0 Å². The van der Waals surface area contributed by atoms with Crippen LogP contribution < -0.4 is 10.6 Å². The Morgan fingerprint density at radius 1 is 1.05 bits per heavy atom. The van der Waals surface area contributed by atoms with Gasteiger partial charge >= 0.3 is 37.9 Å². The molecule has 120 valence electrons. The third kappa shape index (κ3) is 8.74. The van der Waals surface area contributed by atoms with Crippen LogP contribution in [-0.4, -0.2) is 18.8 Å². The van der Waals surface area contributed by atoms with Gasteiger partial charge in [0.1, 0.15) is 0 Å². The molecule has 0 radical (unpaired) electrons. The first kappa shape index (κ1) is 23.6. The average molecular weight is 403 g/mol. The zero-order valence-corrected chi connectivity index (χ0v) is 18.1. The van der Waals surface area contributed by atoms with Gasteiger partial charge < -0.3 is 18.1 Å². The van der Waals surface area contributed by atoms with E-state index in [0.29, 0.717) is 6.17 Å². The van der Waals surface area contributed by atoms with Crippen LogP contribution in [0.4, 0.5) is 0 Å². The maximum absolute atomic E-state index is 4.93. The Balaban J connectivity index is 0. The molecule has 1 unspecified atom stereocenters. The average Bonchev–Trinajstić information content (AvgIpc) is 2.79. The summed E-state index contributed by atoms with van der Waals surface area (Å²) in [5, 5.41) is 7.17. The summed E-state index contributed by atoms with van der Waals surface area (Å²) in [6.45, 7) is 11.5. The molecule has 0 amide bonds. The fourth-order valence-corrected chi connectivity index (χ4v) is 2.61. The number of hydrogen-bond acceptors (Lipinski definition) is 2. The molecule has 1 saturated carbocycles. The molecule has 0 saturated heterocycles. The van der Waals surface area contributed by atoms with Crippen LogP contribution in [0.15, 0.2) is 0 Å². The molecule has 0 bridgehead atoms. The first-order chi connectivity index (χ1) is 8.69. The predicted molar refractivity (Wildman–Crippen MR) is 89.3 cm³/mol. The molecule has 0 aliphatic heterocycles. The van der Waals surface area contributed by atoms with Crippen molar-refractivity contribution in [2.24, 2.45) is 5.41 Å². The quantitative estimate of drug-likeness (QED) is 0.515. The van der Waals surface area contributed by atoms with Crippen molar-refractivity contribution in [3.05, 3.63) is 13.3 Å². The number of rotatable bonds is 4. The molecule has 0 aromatic heterocycles. The van der Waals surface area contributed by atoms with Gasteiger partial charge in [-0.15, -0.1) is 5.54 Å². The molecule has 1 atom stereocenters. The van der Waals surface area contributed by atoms with E-state index in [1.54, 1.807) is 5.92 Å². The normalized spacial score (nSPS) is 17.6. The van der Waals surface area contributed by atoms with Crippen LogP contribution in [0.25, 0.3) is 0 Å². The fraction of sp³-hybridized carbons (Fsp3) is 0.867. The van der Waals surface area contributed by atoms with Crippen LogP contribution in [-0.2, 0) is 20.8 Å². The molecular formula is C15H32Cl2N2Zr. The van der Waals surface area contributed by atoms with Gasteiger partial charge in [-0.1, -0.05) is 47.5 Å². The number of nitrogens with one attached hydrogen (secondary N) is 2. The van der Waals surface area contributed by atoms with E-state index in [1.807, 2.05) is 7.05 Å². The van der Waals surface area contributed by atoms with Gasteiger partial charge in [0.05, 0.1) is 6.17 Å². The fourth-order valence-electron chi connectivity index (χ4n) is 2.61. The van der Waals surface area contributed by atoms with Gasteiger partial charge in [-0.25, -0.2) is 0 Å². The molecule has 0 aromatic carbocycles. The SMILES string of the molecule is CNC(NC(C)(C)[C-]1CCCC1)C(C)(C)C.[CH3-].[Cl][Zr+2][Cl]. The molecule has 1 rings (SSSR count). The Hall–Kier alpha value is 1.38. The molecule has 5 heteroatoms. The molecule has 0 aromatic rings. The van der Waals surface area contributed by atoms with Gasteiger partial charge in [-0.2, -0.15) is 12.8 Å². The summed E-state index contributed by atoms with van der Waals surface area (Å²) < 4.78 is 0. The summed E-state index contributed by atoms with van der Waals surface area (Å²) in [6, 6.07) is 0. The first-order valence-electron chi connectivity index (χ1n) is 6.95. The topological polar surface area (TPSA) is 24.1 Å². The third-order valence-corrected chi connectivity index (χ3v) is 3.75. The van der Waals surface area contributed by atoms with Crippen molar-refractivity contribution in [2.45, 2.75) is 72.0 Å². The molecule has 1 aliphatic rings. The second kappa shape index (κ2) is 11.0. The van der Waals surface area contributed by atoms with E-state index in [2.05, 4.69) is 45.3 Å². The van der Waals surface area contributed by atoms with Gasteiger partial charge in [0.2, 0.25) is 0 Å². The minimum atomic E-state index is -0.826. The van der Waals surface area contributed by atoms with Gasteiger partial charge in [-0.3, -0.25) is 5.92 Å². The van der Waals surface area contributed by atoms with Crippen molar-refractivity contribution in [3.63, 3.8) is 0 Å². The molecule has 2 nitrogen and oxygen atoms in total. The molecule has 0 spiro atoms. The molecule has 2 N–H and O–H groups in total. The first-order valence-corrected chi connectivity index (χ1v) is 13.3. The monoisotopic (exact) mass is 400 g/mol. The molecule has 1 aliphatic carbocycles. The zero-order chi connectivity index (χ0) is 15.1. The molecule has 1 fully saturated rings. The minimum absolute atomic E-state index is 0. The van der Waals surface area contributed by atoms with Crippen LogP contribution in [0.5, 0.6) is 0 Å². The number of hydrogen-bond donors (Lipinski definition) is 2. The number of halogens is 2. The standard InChI is InChI=1S/C14H29N2.CH3.2ClH.Zr/c1-13(2,3)12(15-6)16-14(4,5)11-9-7-8-10-11;;;;/h12,15-16H,7-10H2,1-6H3;1H3;2*1H;/q2*-1;;;+4/p-2. The van der Waals surface area contributed by atoms with Crippen molar-refractivity contribution in [1.29, 1.82) is 0 Å². The van der Waals surface area contributed by atoms with E-state index in [9.17, 15) is 0 Å². The second-order valence-electron chi connectivity index (χ2n) is 6.74. The van der Waals surface area contributed by atoms with Crippen molar-refractivity contribution >= 4 is 17.0 Å². The Morgan fingerprint density at radius 2 is 1.45 bits per heavy atom. The van der Waals surface area contributed by atoms with Gasteiger partial charge in [-0.05, 0) is 12.5 Å². The Labute approximate surface area is 145 Å². The van der Waals surface area contributed by atoms with Crippen LogP contribution in [0, 0.1) is 18.8 Å². The summed E-state index contributed by atoms with van der Waals surface area (Å²) in [4.78, 5) is 0. The summed E-state index contributed by atoms with van der Waals surface area (Å²) in [5.41, 5.74) is 0.405. The van der Waals surface area contributed by atoms with Crippen LogP contribution in [0.2, 0.25) is 0 Å². The van der Waals surface area contributed by atoms with Crippen molar-refractivity contribution in [3.8, 4) is 0 Å². The van der Waals surface area contributed by atoms with E-state index in [4.69, 9.17) is 17.0 Å². The van der Waals surface area contributed by atoms with Crippen molar-refractivity contribution in [2.75, 3.05) is 7.05 Å². The molecule has 20 heavy (non-hydrogen) atoms. The van der Waals surface area contributed by atoms with E-state index in [-0.39, 0.29) is 18.4 Å². The Bertz CT molecular complexity index is 237. The van der Waals surface area contributed by atoms with Crippen molar-refractivity contribution < 1.29 is 20.8 Å². The van der Waals surface area contributed by atoms with Crippen molar-refractivity contribution in [1.82, 2.24) is 10.6 Å². The summed E-state index contributed by atoms with van der Waals surface area (Å²) in [7, 11) is 11.9. The van der Waals surface area contributed by atoms with Crippen LogP contribution in [0.3, 0.4) is 0 Å². The van der Waals surface area contributed by atoms with Gasteiger partial charge in [0.25, 0.3) is 0 Å². The summed E-state index contributed by atoms with van der Waals surface area (Å²) >= 11 is -0.826. The second-order valence-corrected chi connectivity index (χ2v) is 10.5. The Morgan fingerprint density at radius 3 is 1.75 bits per heavy atom. The van der Waals surface area contributed by atoms with Gasteiger partial charge in [0, 0.05) is 0 Å². The summed E-state index contributed by atoms with van der Waals surface area (Å²) in [5.74, 6) is 1.69. The third-order valence-electron chi connectivity index (χ3n) is 3.75. The van der Waals surface area contributed by atoms with E-state index in [1.165, 1.54) is 25.7 Å². The molecular weight excluding hydrogens is 370 g/mol.